The summed E-state index contributed by atoms with van der Waals surface area (Å²) in [5, 5.41) is 11.6. The fraction of sp³-hybridized carbons (Fsp3) is 0.235. The fourth-order valence-electron chi connectivity index (χ4n) is 2.95. The number of carbonyl (C=O) groups is 1. The zero-order valence-corrected chi connectivity index (χ0v) is 13.2. The van der Waals surface area contributed by atoms with E-state index in [-0.39, 0.29) is 16.1 Å². The van der Waals surface area contributed by atoms with Gasteiger partial charge in [0, 0.05) is 5.56 Å². The van der Waals surface area contributed by atoms with Crippen LogP contribution in [0.4, 0.5) is 5.69 Å². The van der Waals surface area contributed by atoms with Crippen LogP contribution >= 0.6 is 0 Å². The van der Waals surface area contributed by atoms with Crippen LogP contribution in [-0.2, 0) is 22.9 Å². The first-order valence-corrected chi connectivity index (χ1v) is 8.91. The molecule has 1 aliphatic rings. The van der Waals surface area contributed by atoms with Crippen LogP contribution in [0.5, 0.6) is 0 Å². The molecule has 2 aromatic carbocycles. The van der Waals surface area contributed by atoms with Gasteiger partial charge in [-0.25, -0.2) is 8.42 Å². The number of sulfonamides is 1. The predicted octanol–water partition coefficient (Wildman–Crippen LogP) is 1.73. The van der Waals surface area contributed by atoms with Gasteiger partial charge in [-0.05, 0) is 55.0 Å². The average molecular weight is 330 g/mol. The number of aromatic carboxylic acids is 1. The van der Waals surface area contributed by atoms with Gasteiger partial charge in [0.05, 0.1) is 16.6 Å². The van der Waals surface area contributed by atoms with E-state index in [9.17, 15) is 18.3 Å². The maximum Gasteiger partial charge on any atom is 0.261 e. The number of nitrogens with one attached hydrogen (secondary N) is 1. The summed E-state index contributed by atoms with van der Waals surface area (Å²) in [7, 11) is -3.84. The number of anilines is 1. The van der Waals surface area contributed by atoms with Gasteiger partial charge in [-0.2, -0.15) is 0 Å². The monoisotopic (exact) mass is 330 g/mol. The number of aryl methyl sites for hydroxylation is 1. The Labute approximate surface area is 135 Å². The largest absolute Gasteiger partial charge is 0.545 e. The minimum Gasteiger partial charge on any atom is -0.545 e. The van der Waals surface area contributed by atoms with E-state index in [2.05, 4.69) is 4.72 Å². The molecule has 23 heavy (non-hydrogen) atoms. The number of benzene rings is 2. The van der Waals surface area contributed by atoms with Crippen LogP contribution in [0.3, 0.4) is 0 Å². The molecule has 0 fully saturated rings. The Morgan fingerprint density at radius 2 is 1.70 bits per heavy atom. The Kier molecular flexibility index (Phi) is 4.09. The molecule has 0 bridgehead atoms. The topological polar surface area (TPSA) is 86.3 Å². The highest BCUT2D eigenvalue weighted by molar-refractivity contribution is 7.92. The first kappa shape index (κ1) is 15.6. The molecule has 0 aromatic heterocycles. The van der Waals surface area contributed by atoms with Crippen molar-refractivity contribution in [1.29, 1.82) is 0 Å². The first-order chi connectivity index (χ1) is 11.0. The summed E-state index contributed by atoms with van der Waals surface area (Å²) < 4.78 is 27.2. The number of fused-ring (bicyclic) bond motifs is 1. The summed E-state index contributed by atoms with van der Waals surface area (Å²) in [6, 6.07) is 11.2. The summed E-state index contributed by atoms with van der Waals surface area (Å²) in [5.74, 6) is -1.35. The highest BCUT2D eigenvalue weighted by atomic mass is 32.2. The lowest BCUT2D eigenvalue weighted by molar-refractivity contribution is -0.255. The van der Waals surface area contributed by atoms with E-state index in [1.165, 1.54) is 18.2 Å². The fourth-order valence-corrected chi connectivity index (χ4v) is 4.04. The lowest BCUT2D eigenvalue weighted by atomic mass is 9.87. The molecular weight excluding hydrogens is 314 g/mol. The van der Waals surface area contributed by atoms with Gasteiger partial charge < -0.3 is 9.90 Å². The van der Waals surface area contributed by atoms with Crippen molar-refractivity contribution < 1.29 is 18.3 Å². The molecule has 0 saturated heterocycles. The smallest absolute Gasteiger partial charge is 0.261 e. The van der Waals surface area contributed by atoms with Gasteiger partial charge in [-0.15, -0.1) is 0 Å². The van der Waals surface area contributed by atoms with Crippen molar-refractivity contribution in [2.45, 2.75) is 30.6 Å². The molecule has 1 N–H and O–H groups in total. The van der Waals surface area contributed by atoms with Crippen LogP contribution in [0.2, 0.25) is 0 Å². The summed E-state index contributed by atoms with van der Waals surface area (Å²) >= 11 is 0. The summed E-state index contributed by atoms with van der Waals surface area (Å²) in [6.07, 6.45) is 3.33. The third-order valence-corrected chi connectivity index (χ3v) is 5.42. The van der Waals surface area contributed by atoms with Gasteiger partial charge in [-0.1, -0.05) is 24.3 Å². The van der Waals surface area contributed by atoms with Crippen molar-refractivity contribution in [2.75, 3.05) is 4.72 Å². The molecule has 0 amide bonds. The van der Waals surface area contributed by atoms with E-state index in [4.69, 9.17) is 0 Å². The van der Waals surface area contributed by atoms with E-state index in [0.717, 1.165) is 24.8 Å². The van der Waals surface area contributed by atoms with Crippen molar-refractivity contribution >= 4 is 21.7 Å². The Morgan fingerprint density at radius 3 is 2.39 bits per heavy atom. The predicted molar refractivity (Wildman–Crippen MR) is 84.7 cm³/mol. The van der Waals surface area contributed by atoms with Gasteiger partial charge in [0.2, 0.25) is 0 Å². The van der Waals surface area contributed by atoms with Crippen molar-refractivity contribution in [3.8, 4) is 0 Å². The molecule has 5 nitrogen and oxygen atoms in total. The minimum atomic E-state index is -3.84. The zero-order chi connectivity index (χ0) is 16.4. The summed E-state index contributed by atoms with van der Waals surface area (Å²) in [5.41, 5.74) is 1.67. The molecule has 6 heteroatoms. The number of hydrogen-bond donors (Lipinski definition) is 1. The Balaban J connectivity index is 2.05. The second-order valence-corrected chi connectivity index (χ2v) is 7.22. The van der Waals surface area contributed by atoms with Crippen molar-refractivity contribution in [2.24, 2.45) is 0 Å². The third-order valence-electron chi connectivity index (χ3n) is 4.03. The molecule has 0 saturated carbocycles. The van der Waals surface area contributed by atoms with Crippen LogP contribution in [0.15, 0.2) is 47.4 Å². The lowest BCUT2D eigenvalue weighted by Gasteiger charge is -2.23. The molecule has 0 spiro atoms. The highest BCUT2D eigenvalue weighted by Crippen LogP contribution is 2.30. The van der Waals surface area contributed by atoms with E-state index in [1.54, 1.807) is 24.3 Å². The highest BCUT2D eigenvalue weighted by Gasteiger charge is 2.21. The Morgan fingerprint density at radius 1 is 1.00 bits per heavy atom. The summed E-state index contributed by atoms with van der Waals surface area (Å²) in [4.78, 5) is 11.7. The number of carbonyl (C=O) groups excluding carboxylic acids is 1. The second kappa shape index (κ2) is 6.04. The number of rotatable bonds is 4. The molecule has 0 aliphatic heterocycles. The first-order valence-electron chi connectivity index (χ1n) is 7.43. The van der Waals surface area contributed by atoms with Crippen LogP contribution in [0.1, 0.15) is 34.3 Å². The van der Waals surface area contributed by atoms with E-state index >= 15 is 0 Å². The standard InChI is InChI=1S/C17H17NO4S/c19-17(20)16-14-9-5-4-6-12(14)10-11-15(16)18-23(21,22)13-7-2-1-3-8-13/h1-3,7-8,10-11,18H,4-6,9H2,(H,19,20)/p-1. The SMILES string of the molecule is O=C([O-])c1c(NS(=O)(=O)c2ccccc2)ccc2c1CCCC2. The second-order valence-electron chi connectivity index (χ2n) is 5.54. The number of carboxylic acid groups (broad SMARTS) is 1. The Hall–Kier alpha value is -2.34. The van der Waals surface area contributed by atoms with Gasteiger partial charge in [-0.3, -0.25) is 4.72 Å². The molecule has 0 unspecified atom stereocenters. The normalized spacial score (nSPS) is 14.1. The van der Waals surface area contributed by atoms with Gasteiger partial charge in [0.25, 0.3) is 10.0 Å². The molecule has 0 radical (unpaired) electrons. The number of carboxylic acids is 1. The summed E-state index contributed by atoms with van der Waals surface area (Å²) in [6.45, 7) is 0. The van der Waals surface area contributed by atoms with Crippen molar-refractivity contribution in [1.82, 2.24) is 0 Å². The van der Waals surface area contributed by atoms with Crippen LogP contribution in [-0.4, -0.2) is 14.4 Å². The molecule has 0 atom stereocenters. The van der Waals surface area contributed by atoms with E-state index in [1.807, 2.05) is 0 Å². The number of hydrogen-bond acceptors (Lipinski definition) is 4. The maximum atomic E-state index is 12.4. The van der Waals surface area contributed by atoms with Gasteiger partial charge in [0.15, 0.2) is 0 Å². The molecule has 0 heterocycles. The Bertz CT molecular complexity index is 844. The van der Waals surface area contributed by atoms with Crippen LogP contribution in [0.25, 0.3) is 0 Å². The van der Waals surface area contributed by atoms with Crippen LogP contribution < -0.4 is 9.83 Å². The zero-order valence-electron chi connectivity index (χ0n) is 12.4. The molecule has 2 aromatic rings. The molecule has 120 valence electrons. The third kappa shape index (κ3) is 3.07. The van der Waals surface area contributed by atoms with E-state index in [0.29, 0.717) is 12.0 Å². The lowest BCUT2D eigenvalue weighted by Crippen LogP contribution is -2.27. The van der Waals surface area contributed by atoms with Gasteiger partial charge >= 0.3 is 0 Å². The van der Waals surface area contributed by atoms with Crippen molar-refractivity contribution in [3.05, 3.63) is 59.2 Å². The van der Waals surface area contributed by atoms with E-state index < -0.39 is 16.0 Å². The molecule has 3 rings (SSSR count). The molecular formula is C17H16NO4S-. The molecule has 1 aliphatic carbocycles. The van der Waals surface area contributed by atoms with Crippen molar-refractivity contribution in [3.63, 3.8) is 0 Å². The minimum absolute atomic E-state index is 0.0401. The maximum absolute atomic E-state index is 12.4. The van der Waals surface area contributed by atoms with Gasteiger partial charge in [0.1, 0.15) is 0 Å². The quantitative estimate of drug-likeness (QED) is 0.925. The van der Waals surface area contributed by atoms with Crippen LogP contribution in [0, 0.1) is 0 Å². The average Bonchev–Trinajstić information content (AvgIpc) is 2.55.